The molecule has 2 heterocycles. The number of halogens is 3. The van der Waals surface area contributed by atoms with Gasteiger partial charge in [0.15, 0.2) is 0 Å². The van der Waals surface area contributed by atoms with Crippen molar-refractivity contribution in [3.63, 3.8) is 0 Å². The molecule has 2 aromatic rings. The highest BCUT2D eigenvalue weighted by Crippen LogP contribution is 2.30. The van der Waals surface area contributed by atoms with Gasteiger partial charge in [0.25, 0.3) is 5.56 Å². The summed E-state index contributed by atoms with van der Waals surface area (Å²) >= 11 is 3.24. The number of aliphatic hydroxyl groups is 1. The van der Waals surface area contributed by atoms with Gasteiger partial charge in [-0.3, -0.25) is 9.36 Å². The number of rotatable bonds is 6. The van der Waals surface area contributed by atoms with Crippen molar-refractivity contribution in [2.75, 3.05) is 18.1 Å². The Morgan fingerprint density at radius 2 is 2.14 bits per heavy atom. The van der Waals surface area contributed by atoms with E-state index < -0.39 is 11.6 Å². The lowest BCUT2D eigenvalue weighted by Crippen LogP contribution is -2.39. The lowest BCUT2D eigenvalue weighted by molar-refractivity contribution is 0.262. The summed E-state index contributed by atoms with van der Waals surface area (Å²) in [6, 6.07) is 2.93. The molecule has 1 atom stereocenters. The number of ether oxygens (including phenoxy) is 1. The predicted molar refractivity (Wildman–Crippen MR) is 105 cm³/mol. The zero-order chi connectivity index (χ0) is 20.4. The number of benzene rings is 1. The molecule has 152 valence electrons. The van der Waals surface area contributed by atoms with Gasteiger partial charge in [0.05, 0.1) is 12.6 Å². The molecule has 1 fully saturated rings. The number of hydrogen-bond acceptors (Lipinski definition) is 5. The first kappa shape index (κ1) is 20.7. The van der Waals surface area contributed by atoms with Crippen molar-refractivity contribution in [3.8, 4) is 5.88 Å². The SMILES string of the molecule is CC(C)n1c(N2CCC[C@H]2CO)nc(OCc2ccc(F)cc2F)c(Br)c1=O. The zero-order valence-corrected chi connectivity index (χ0v) is 17.2. The molecule has 3 rings (SSSR count). The quantitative estimate of drug-likeness (QED) is 0.719. The Kier molecular flexibility index (Phi) is 6.34. The number of nitrogens with zero attached hydrogens (tertiary/aromatic N) is 3. The van der Waals surface area contributed by atoms with Crippen LogP contribution in [0.15, 0.2) is 27.5 Å². The Morgan fingerprint density at radius 3 is 2.79 bits per heavy atom. The van der Waals surface area contributed by atoms with Crippen LogP contribution in [-0.4, -0.2) is 33.9 Å². The van der Waals surface area contributed by atoms with Crippen LogP contribution in [0.5, 0.6) is 5.88 Å². The molecule has 0 radical (unpaired) electrons. The lowest BCUT2D eigenvalue weighted by atomic mass is 10.2. The summed E-state index contributed by atoms with van der Waals surface area (Å²) in [7, 11) is 0. The summed E-state index contributed by atoms with van der Waals surface area (Å²) in [5.41, 5.74) is -0.169. The Morgan fingerprint density at radius 1 is 1.39 bits per heavy atom. The fourth-order valence-electron chi connectivity index (χ4n) is 3.32. The molecule has 0 bridgehead atoms. The first-order valence-electron chi connectivity index (χ1n) is 9.09. The average molecular weight is 458 g/mol. The van der Waals surface area contributed by atoms with E-state index in [1.165, 1.54) is 6.07 Å². The normalized spacial score (nSPS) is 16.8. The highest BCUT2D eigenvalue weighted by atomic mass is 79.9. The molecular weight excluding hydrogens is 436 g/mol. The van der Waals surface area contributed by atoms with E-state index >= 15 is 0 Å². The van der Waals surface area contributed by atoms with E-state index in [0.717, 1.165) is 25.0 Å². The summed E-state index contributed by atoms with van der Waals surface area (Å²) < 4.78 is 34.2. The molecule has 0 aliphatic carbocycles. The molecule has 1 aromatic heterocycles. The van der Waals surface area contributed by atoms with Gasteiger partial charge in [-0.15, -0.1) is 0 Å². The van der Waals surface area contributed by atoms with Gasteiger partial charge in [0.2, 0.25) is 11.8 Å². The molecule has 9 heteroatoms. The van der Waals surface area contributed by atoms with Gasteiger partial charge < -0.3 is 14.7 Å². The molecule has 1 aliphatic rings. The molecule has 0 saturated carbocycles. The number of hydrogen-bond donors (Lipinski definition) is 1. The highest BCUT2D eigenvalue weighted by Gasteiger charge is 2.30. The van der Waals surface area contributed by atoms with Gasteiger partial charge in [-0.25, -0.2) is 8.78 Å². The summed E-state index contributed by atoms with van der Waals surface area (Å²) in [4.78, 5) is 19.3. The van der Waals surface area contributed by atoms with Crippen molar-refractivity contribution >= 4 is 21.9 Å². The monoisotopic (exact) mass is 457 g/mol. The molecule has 1 aromatic carbocycles. The number of aliphatic hydroxyl groups excluding tert-OH is 1. The number of aromatic nitrogens is 2. The topological polar surface area (TPSA) is 67.6 Å². The largest absolute Gasteiger partial charge is 0.472 e. The maximum Gasteiger partial charge on any atom is 0.273 e. The predicted octanol–water partition coefficient (Wildman–Crippen LogP) is 3.41. The van der Waals surface area contributed by atoms with E-state index in [9.17, 15) is 18.7 Å². The first-order valence-corrected chi connectivity index (χ1v) is 9.89. The molecule has 28 heavy (non-hydrogen) atoms. The third-order valence-electron chi connectivity index (χ3n) is 4.75. The summed E-state index contributed by atoms with van der Waals surface area (Å²) in [6.07, 6.45) is 1.68. The Hall–Kier alpha value is -2.00. The van der Waals surface area contributed by atoms with E-state index in [4.69, 9.17) is 4.74 Å². The maximum absolute atomic E-state index is 13.9. The molecule has 1 aliphatic heterocycles. The van der Waals surface area contributed by atoms with Crippen molar-refractivity contribution in [1.29, 1.82) is 0 Å². The second-order valence-corrected chi connectivity index (χ2v) is 7.79. The smallest absolute Gasteiger partial charge is 0.273 e. The summed E-state index contributed by atoms with van der Waals surface area (Å²) in [5.74, 6) is -0.961. The van der Waals surface area contributed by atoms with E-state index in [2.05, 4.69) is 20.9 Å². The van der Waals surface area contributed by atoms with E-state index in [1.807, 2.05) is 18.7 Å². The van der Waals surface area contributed by atoms with Crippen LogP contribution in [-0.2, 0) is 6.61 Å². The minimum Gasteiger partial charge on any atom is -0.472 e. The van der Waals surface area contributed by atoms with E-state index in [1.54, 1.807) is 4.57 Å². The van der Waals surface area contributed by atoms with Crippen LogP contribution in [0.4, 0.5) is 14.7 Å². The fraction of sp³-hybridized carbons (Fsp3) is 0.474. The van der Waals surface area contributed by atoms with Crippen molar-refractivity contribution in [2.45, 2.75) is 45.4 Å². The van der Waals surface area contributed by atoms with Crippen molar-refractivity contribution in [2.24, 2.45) is 0 Å². The van der Waals surface area contributed by atoms with Crippen LogP contribution < -0.4 is 15.2 Å². The van der Waals surface area contributed by atoms with E-state index in [-0.39, 0.29) is 46.8 Å². The van der Waals surface area contributed by atoms with Crippen molar-refractivity contribution in [1.82, 2.24) is 9.55 Å². The Labute approximate surface area is 169 Å². The molecule has 6 nitrogen and oxygen atoms in total. The zero-order valence-electron chi connectivity index (χ0n) is 15.7. The highest BCUT2D eigenvalue weighted by molar-refractivity contribution is 9.10. The molecule has 1 saturated heterocycles. The number of anilines is 1. The molecule has 0 unspecified atom stereocenters. The summed E-state index contributed by atoms with van der Waals surface area (Å²) in [5, 5.41) is 9.66. The summed E-state index contributed by atoms with van der Waals surface area (Å²) in [6.45, 7) is 4.17. The maximum atomic E-state index is 13.9. The van der Waals surface area contributed by atoms with Crippen LogP contribution in [0.25, 0.3) is 0 Å². The molecule has 0 spiro atoms. The van der Waals surface area contributed by atoms with Crippen LogP contribution in [0, 0.1) is 11.6 Å². The van der Waals surface area contributed by atoms with Crippen molar-refractivity contribution in [3.05, 3.63) is 50.2 Å². The minimum absolute atomic E-state index is 0.0317. The van der Waals surface area contributed by atoms with Gasteiger partial charge in [-0.1, -0.05) is 0 Å². The molecule has 1 N–H and O–H groups in total. The van der Waals surface area contributed by atoms with Crippen LogP contribution in [0.1, 0.15) is 38.3 Å². The van der Waals surface area contributed by atoms with Crippen molar-refractivity contribution < 1.29 is 18.6 Å². The van der Waals surface area contributed by atoms with Crippen LogP contribution >= 0.6 is 15.9 Å². The second-order valence-electron chi connectivity index (χ2n) is 7.00. The van der Waals surface area contributed by atoms with Gasteiger partial charge >= 0.3 is 0 Å². The van der Waals surface area contributed by atoms with E-state index in [0.29, 0.717) is 12.5 Å². The third kappa shape index (κ3) is 4.05. The standard InChI is InChI=1S/C19H22BrF2N3O3/c1-11(2)25-18(27)16(20)17(23-19(25)24-7-3-4-14(24)9-26)28-10-12-5-6-13(21)8-15(12)22/h5-6,8,11,14,26H,3-4,7,9-10H2,1-2H3/t14-/m0/s1. The second kappa shape index (κ2) is 8.57. The van der Waals surface area contributed by atoms with Gasteiger partial charge in [0.1, 0.15) is 22.7 Å². The van der Waals surface area contributed by atoms with Gasteiger partial charge in [0, 0.05) is 24.2 Å². The fourth-order valence-corrected chi connectivity index (χ4v) is 3.71. The third-order valence-corrected chi connectivity index (χ3v) is 5.43. The molecule has 0 amide bonds. The van der Waals surface area contributed by atoms with Gasteiger partial charge in [-0.2, -0.15) is 4.98 Å². The molecular formula is C19H22BrF2N3O3. The Bertz CT molecular complexity index is 920. The first-order chi connectivity index (χ1) is 13.3. The van der Waals surface area contributed by atoms with Crippen LogP contribution in [0.3, 0.4) is 0 Å². The van der Waals surface area contributed by atoms with Crippen LogP contribution in [0.2, 0.25) is 0 Å². The average Bonchev–Trinajstić information content (AvgIpc) is 3.12. The minimum atomic E-state index is -0.730. The lowest BCUT2D eigenvalue weighted by Gasteiger charge is -2.28. The Balaban J connectivity index is 1.98. The van der Waals surface area contributed by atoms with Gasteiger partial charge in [-0.05, 0) is 54.8 Å².